The van der Waals surface area contributed by atoms with Crippen molar-refractivity contribution in [2.24, 2.45) is 0 Å². The lowest BCUT2D eigenvalue weighted by Gasteiger charge is -2.08. The van der Waals surface area contributed by atoms with Crippen molar-refractivity contribution in [3.8, 4) is 17.1 Å². The molecule has 2 heterocycles. The SMILES string of the molecule is CCc1cc(-c2nnc(SCC(=O)Nc3cccc(OC)c3)n2CC)cs1. The van der Waals surface area contributed by atoms with Gasteiger partial charge in [-0.1, -0.05) is 24.8 Å². The lowest BCUT2D eigenvalue weighted by atomic mass is 10.2. The van der Waals surface area contributed by atoms with E-state index in [-0.39, 0.29) is 11.7 Å². The first-order valence-electron chi connectivity index (χ1n) is 8.72. The maximum Gasteiger partial charge on any atom is 0.234 e. The standard InChI is InChI=1S/C19H22N4O2S2/c1-4-16-9-13(11-26-16)18-21-22-19(23(18)5-2)27-12-17(24)20-14-7-6-8-15(10-14)25-3/h6-11H,4-5,12H2,1-3H3,(H,20,24). The van der Waals surface area contributed by atoms with E-state index in [4.69, 9.17) is 4.74 Å². The minimum Gasteiger partial charge on any atom is -0.497 e. The molecule has 0 aliphatic carbocycles. The Morgan fingerprint density at radius 1 is 1.30 bits per heavy atom. The second-order valence-corrected chi connectivity index (χ2v) is 7.71. The normalized spacial score (nSPS) is 10.8. The minimum absolute atomic E-state index is 0.0933. The predicted molar refractivity (Wildman–Crippen MR) is 111 cm³/mol. The van der Waals surface area contributed by atoms with Crippen molar-refractivity contribution >= 4 is 34.7 Å². The molecule has 1 amide bonds. The number of methoxy groups -OCH3 is 1. The van der Waals surface area contributed by atoms with Crippen LogP contribution in [0, 0.1) is 0 Å². The average molecular weight is 403 g/mol. The Kier molecular flexibility index (Phi) is 6.52. The summed E-state index contributed by atoms with van der Waals surface area (Å²) in [5.41, 5.74) is 1.79. The fourth-order valence-electron chi connectivity index (χ4n) is 2.61. The van der Waals surface area contributed by atoms with Gasteiger partial charge in [0.15, 0.2) is 11.0 Å². The van der Waals surface area contributed by atoms with Crippen molar-refractivity contribution in [1.82, 2.24) is 14.8 Å². The van der Waals surface area contributed by atoms with Crippen molar-refractivity contribution in [2.45, 2.75) is 32.0 Å². The van der Waals surface area contributed by atoms with E-state index >= 15 is 0 Å². The lowest BCUT2D eigenvalue weighted by molar-refractivity contribution is -0.113. The molecule has 0 aliphatic rings. The Morgan fingerprint density at radius 3 is 2.85 bits per heavy atom. The van der Waals surface area contributed by atoms with Gasteiger partial charge in [-0.3, -0.25) is 4.79 Å². The summed E-state index contributed by atoms with van der Waals surface area (Å²) in [6, 6.07) is 9.46. The van der Waals surface area contributed by atoms with Crippen molar-refractivity contribution in [3.63, 3.8) is 0 Å². The van der Waals surface area contributed by atoms with E-state index in [1.165, 1.54) is 16.6 Å². The molecule has 2 aromatic heterocycles. The number of nitrogens with zero attached hydrogens (tertiary/aromatic N) is 3. The Labute approximate surface area is 167 Å². The van der Waals surface area contributed by atoms with Crippen LogP contribution in [0.4, 0.5) is 5.69 Å². The quantitative estimate of drug-likeness (QED) is 0.568. The van der Waals surface area contributed by atoms with Crippen molar-refractivity contribution in [3.05, 3.63) is 40.6 Å². The van der Waals surface area contributed by atoms with E-state index in [2.05, 4.69) is 40.8 Å². The van der Waals surface area contributed by atoms with Gasteiger partial charge in [-0.15, -0.1) is 21.5 Å². The van der Waals surface area contributed by atoms with Crippen LogP contribution >= 0.6 is 23.1 Å². The molecular weight excluding hydrogens is 380 g/mol. The number of carbonyl (C=O) groups is 1. The first kappa shape index (κ1) is 19.4. The number of thioether (sulfide) groups is 1. The highest BCUT2D eigenvalue weighted by Crippen LogP contribution is 2.28. The van der Waals surface area contributed by atoms with E-state index in [0.717, 1.165) is 29.5 Å². The number of hydrogen-bond acceptors (Lipinski definition) is 6. The molecule has 0 spiro atoms. The number of rotatable bonds is 8. The molecule has 0 fully saturated rings. The summed E-state index contributed by atoms with van der Waals surface area (Å²) in [7, 11) is 1.60. The average Bonchev–Trinajstić information content (AvgIpc) is 3.32. The Bertz CT molecular complexity index is 920. The lowest BCUT2D eigenvalue weighted by Crippen LogP contribution is -2.14. The topological polar surface area (TPSA) is 69.0 Å². The van der Waals surface area contributed by atoms with Crippen LogP contribution in [0.3, 0.4) is 0 Å². The van der Waals surface area contributed by atoms with Crippen molar-refractivity contribution < 1.29 is 9.53 Å². The summed E-state index contributed by atoms with van der Waals surface area (Å²) in [4.78, 5) is 13.6. The largest absolute Gasteiger partial charge is 0.497 e. The van der Waals surface area contributed by atoms with Gasteiger partial charge in [-0.25, -0.2) is 0 Å². The third-order valence-corrected chi connectivity index (χ3v) is 6.03. The minimum atomic E-state index is -0.0933. The van der Waals surface area contributed by atoms with Crippen molar-refractivity contribution in [1.29, 1.82) is 0 Å². The van der Waals surface area contributed by atoms with Crippen LogP contribution in [0.15, 0.2) is 40.9 Å². The highest BCUT2D eigenvalue weighted by Gasteiger charge is 2.15. The Morgan fingerprint density at radius 2 is 2.15 bits per heavy atom. The zero-order chi connectivity index (χ0) is 19.2. The molecule has 0 aliphatic heterocycles. The van der Waals surface area contributed by atoms with Gasteiger partial charge in [0.1, 0.15) is 5.75 Å². The highest BCUT2D eigenvalue weighted by molar-refractivity contribution is 7.99. The number of ether oxygens (including phenoxy) is 1. The maximum atomic E-state index is 12.3. The highest BCUT2D eigenvalue weighted by atomic mass is 32.2. The monoisotopic (exact) mass is 402 g/mol. The molecule has 6 nitrogen and oxygen atoms in total. The Balaban J connectivity index is 1.66. The number of anilines is 1. The molecule has 1 aromatic carbocycles. The van der Waals surface area contributed by atoms with E-state index in [0.29, 0.717) is 11.4 Å². The third kappa shape index (κ3) is 4.70. The van der Waals surface area contributed by atoms with Crippen LogP contribution in [0.2, 0.25) is 0 Å². The van der Waals surface area contributed by atoms with Crippen LogP contribution < -0.4 is 10.1 Å². The summed E-state index contributed by atoms with van der Waals surface area (Å²) in [6.45, 7) is 4.95. The molecule has 0 atom stereocenters. The molecule has 8 heteroatoms. The number of benzene rings is 1. The molecule has 0 radical (unpaired) electrons. The van der Waals surface area contributed by atoms with Gasteiger partial charge in [0, 0.05) is 34.1 Å². The molecule has 3 aromatic rings. The predicted octanol–water partition coefficient (Wildman–Crippen LogP) is 4.33. The van der Waals surface area contributed by atoms with Gasteiger partial charge in [0.25, 0.3) is 0 Å². The van der Waals surface area contributed by atoms with Gasteiger partial charge in [0.05, 0.1) is 12.9 Å². The summed E-state index contributed by atoms with van der Waals surface area (Å²) in [5, 5.41) is 14.4. The van der Waals surface area contributed by atoms with E-state index in [1.54, 1.807) is 24.5 Å². The molecule has 3 rings (SSSR count). The molecule has 0 unspecified atom stereocenters. The van der Waals surface area contributed by atoms with E-state index in [1.807, 2.05) is 22.8 Å². The van der Waals surface area contributed by atoms with Crippen LogP contribution in [0.5, 0.6) is 5.75 Å². The summed E-state index contributed by atoms with van der Waals surface area (Å²) >= 11 is 3.12. The van der Waals surface area contributed by atoms with E-state index < -0.39 is 0 Å². The third-order valence-electron chi connectivity index (χ3n) is 3.98. The van der Waals surface area contributed by atoms with E-state index in [9.17, 15) is 4.79 Å². The second kappa shape index (κ2) is 9.05. The van der Waals surface area contributed by atoms with Crippen LogP contribution in [0.1, 0.15) is 18.7 Å². The molecule has 142 valence electrons. The number of nitrogens with one attached hydrogen (secondary N) is 1. The molecule has 1 N–H and O–H groups in total. The molecule has 0 saturated heterocycles. The van der Waals surface area contributed by atoms with Crippen LogP contribution in [0.25, 0.3) is 11.4 Å². The molecular formula is C19H22N4O2S2. The zero-order valence-electron chi connectivity index (χ0n) is 15.6. The summed E-state index contributed by atoms with van der Waals surface area (Å²) in [6.07, 6.45) is 1.01. The number of carbonyl (C=O) groups excluding carboxylic acids is 1. The number of hydrogen-bond donors (Lipinski definition) is 1. The summed E-state index contributed by atoms with van der Waals surface area (Å²) < 4.78 is 7.22. The number of thiophene rings is 1. The Hall–Kier alpha value is -2.32. The van der Waals surface area contributed by atoms with Gasteiger partial charge >= 0.3 is 0 Å². The van der Waals surface area contributed by atoms with Gasteiger partial charge in [-0.2, -0.15) is 0 Å². The molecule has 27 heavy (non-hydrogen) atoms. The first-order valence-corrected chi connectivity index (χ1v) is 10.6. The van der Waals surface area contributed by atoms with Crippen LogP contribution in [-0.4, -0.2) is 33.5 Å². The number of amides is 1. The molecule has 0 saturated carbocycles. The first-order chi connectivity index (χ1) is 13.1. The fraction of sp³-hybridized carbons (Fsp3) is 0.316. The van der Waals surface area contributed by atoms with Gasteiger partial charge in [-0.05, 0) is 31.5 Å². The number of aromatic nitrogens is 3. The summed E-state index contributed by atoms with van der Waals surface area (Å²) in [5.74, 6) is 1.73. The second-order valence-electron chi connectivity index (χ2n) is 5.77. The van der Waals surface area contributed by atoms with Crippen LogP contribution in [-0.2, 0) is 17.8 Å². The smallest absolute Gasteiger partial charge is 0.234 e. The molecule has 0 bridgehead atoms. The van der Waals surface area contributed by atoms with Crippen molar-refractivity contribution in [2.75, 3.05) is 18.2 Å². The van der Waals surface area contributed by atoms with Gasteiger partial charge < -0.3 is 14.6 Å². The maximum absolute atomic E-state index is 12.3. The number of aryl methyl sites for hydroxylation is 1. The zero-order valence-corrected chi connectivity index (χ0v) is 17.2. The van der Waals surface area contributed by atoms with Gasteiger partial charge in [0.2, 0.25) is 5.91 Å². The fourth-order valence-corrected chi connectivity index (χ4v) is 4.22.